The fourth-order valence-electron chi connectivity index (χ4n) is 2.49. The van der Waals surface area contributed by atoms with E-state index in [0.29, 0.717) is 11.2 Å². The lowest BCUT2D eigenvalue weighted by Crippen LogP contribution is -2.33. The van der Waals surface area contributed by atoms with Gasteiger partial charge in [0.2, 0.25) is 5.91 Å². The minimum absolute atomic E-state index is 0.0276. The van der Waals surface area contributed by atoms with Gasteiger partial charge in [-0.05, 0) is 25.0 Å². The molecule has 1 N–H and O–H groups in total. The minimum atomic E-state index is -0.454. The third-order valence-corrected chi connectivity index (χ3v) is 4.34. The highest BCUT2D eigenvalue weighted by Gasteiger charge is 2.22. The third-order valence-electron chi connectivity index (χ3n) is 3.55. The SMILES string of the molecule is O=C(CNc1ccc2scnc2c1[N+](=O)[O-])N1CCCC1. The molecule has 0 radical (unpaired) electrons. The predicted octanol–water partition coefficient (Wildman–Crippen LogP) is 2.24. The monoisotopic (exact) mass is 306 g/mol. The Labute approximate surface area is 124 Å². The van der Waals surface area contributed by atoms with Crippen molar-refractivity contribution < 1.29 is 9.72 Å². The molecule has 3 rings (SSSR count). The molecular weight excluding hydrogens is 292 g/mol. The highest BCUT2D eigenvalue weighted by Crippen LogP contribution is 2.34. The quantitative estimate of drug-likeness (QED) is 0.691. The Morgan fingerprint density at radius 2 is 2.19 bits per heavy atom. The van der Waals surface area contributed by atoms with Crippen molar-refractivity contribution in [2.45, 2.75) is 12.8 Å². The Morgan fingerprint density at radius 3 is 2.90 bits per heavy atom. The molecular formula is C13H14N4O3S. The molecule has 1 amide bonds. The molecule has 0 aliphatic carbocycles. The summed E-state index contributed by atoms with van der Waals surface area (Å²) >= 11 is 1.35. The van der Waals surface area contributed by atoms with Gasteiger partial charge in [-0.2, -0.15) is 0 Å². The summed E-state index contributed by atoms with van der Waals surface area (Å²) in [5, 5.41) is 14.2. The smallest absolute Gasteiger partial charge is 0.319 e. The lowest BCUT2D eigenvalue weighted by molar-refractivity contribution is -0.382. The summed E-state index contributed by atoms with van der Waals surface area (Å²) in [5.41, 5.74) is 2.22. The normalized spacial score (nSPS) is 14.6. The van der Waals surface area contributed by atoms with E-state index in [0.717, 1.165) is 30.6 Å². The summed E-state index contributed by atoms with van der Waals surface area (Å²) in [5.74, 6) is -0.0276. The first-order chi connectivity index (χ1) is 10.2. The number of thiazole rings is 1. The van der Waals surface area contributed by atoms with Gasteiger partial charge >= 0.3 is 5.69 Å². The van der Waals surface area contributed by atoms with Crippen molar-refractivity contribution in [2.24, 2.45) is 0 Å². The Balaban J connectivity index is 1.81. The number of aromatic nitrogens is 1. The van der Waals surface area contributed by atoms with E-state index in [1.165, 1.54) is 11.3 Å². The number of hydrogen-bond donors (Lipinski definition) is 1. The topological polar surface area (TPSA) is 88.4 Å². The van der Waals surface area contributed by atoms with Crippen LogP contribution in [-0.2, 0) is 4.79 Å². The number of benzene rings is 1. The maximum absolute atomic E-state index is 12.0. The molecule has 0 bridgehead atoms. The molecule has 8 heteroatoms. The molecule has 0 spiro atoms. The summed E-state index contributed by atoms with van der Waals surface area (Å²) in [4.78, 5) is 28.6. The molecule has 0 saturated carbocycles. The van der Waals surface area contributed by atoms with Gasteiger partial charge in [0.15, 0.2) is 5.52 Å². The highest BCUT2D eigenvalue weighted by atomic mass is 32.1. The van der Waals surface area contributed by atoms with Crippen molar-refractivity contribution in [3.8, 4) is 0 Å². The largest absolute Gasteiger partial charge is 0.370 e. The standard InChI is InChI=1S/C13H14N4O3S/c18-11(16-5-1-2-6-16)7-14-9-3-4-10-12(15-8-21-10)13(9)17(19)20/h3-4,8,14H,1-2,5-7H2. The number of nitro groups is 1. The van der Waals surface area contributed by atoms with Crippen LogP contribution in [0.1, 0.15) is 12.8 Å². The molecule has 1 aromatic carbocycles. The molecule has 0 atom stereocenters. The van der Waals surface area contributed by atoms with Crippen molar-refractivity contribution in [3.05, 3.63) is 27.8 Å². The first kappa shape index (κ1) is 13.7. The van der Waals surface area contributed by atoms with Gasteiger partial charge in [0.25, 0.3) is 0 Å². The van der Waals surface area contributed by atoms with Crippen LogP contribution < -0.4 is 5.32 Å². The number of likely N-dealkylation sites (tertiary alicyclic amines) is 1. The van der Waals surface area contributed by atoms with Crippen LogP contribution in [0.3, 0.4) is 0 Å². The summed E-state index contributed by atoms with van der Waals surface area (Å²) in [6, 6.07) is 3.42. The van der Waals surface area contributed by atoms with Gasteiger partial charge in [0, 0.05) is 13.1 Å². The van der Waals surface area contributed by atoms with E-state index in [9.17, 15) is 14.9 Å². The minimum Gasteiger partial charge on any atom is -0.370 e. The molecule has 1 aliphatic heterocycles. The third kappa shape index (κ3) is 2.66. The van der Waals surface area contributed by atoms with Crippen LogP contribution in [0.5, 0.6) is 0 Å². The van der Waals surface area contributed by atoms with Gasteiger partial charge < -0.3 is 10.2 Å². The molecule has 1 aromatic heterocycles. The molecule has 2 heterocycles. The van der Waals surface area contributed by atoms with E-state index in [-0.39, 0.29) is 18.1 Å². The van der Waals surface area contributed by atoms with Crippen molar-refractivity contribution >= 4 is 38.8 Å². The number of amides is 1. The zero-order valence-corrected chi connectivity index (χ0v) is 12.1. The van der Waals surface area contributed by atoms with Crippen LogP contribution in [0.15, 0.2) is 17.6 Å². The molecule has 1 fully saturated rings. The first-order valence-corrected chi connectivity index (χ1v) is 7.57. The molecule has 110 valence electrons. The fourth-order valence-corrected chi connectivity index (χ4v) is 3.17. The average Bonchev–Trinajstić information content (AvgIpc) is 3.14. The number of rotatable bonds is 4. The second-order valence-corrected chi connectivity index (χ2v) is 5.75. The number of anilines is 1. The number of carbonyl (C=O) groups is 1. The number of carbonyl (C=O) groups excluding carboxylic acids is 1. The molecule has 1 aliphatic rings. The Kier molecular flexibility index (Phi) is 3.70. The van der Waals surface area contributed by atoms with Crippen LogP contribution in [0, 0.1) is 10.1 Å². The molecule has 2 aromatic rings. The van der Waals surface area contributed by atoms with Gasteiger partial charge in [-0.15, -0.1) is 11.3 Å². The van der Waals surface area contributed by atoms with Gasteiger partial charge in [-0.3, -0.25) is 14.9 Å². The lowest BCUT2D eigenvalue weighted by Gasteiger charge is -2.16. The maximum Gasteiger partial charge on any atom is 0.319 e. The molecule has 1 saturated heterocycles. The van der Waals surface area contributed by atoms with E-state index < -0.39 is 4.92 Å². The van der Waals surface area contributed by atoms with Gasteiger partial charge in [-0.1, -0.05) is 0 Å². The van der Waals surface area contributed by atoms with Crippen LogP contribution in [0.2, 0.25) is 0 Å². The van der Waals surface area contributed by atoms with Crippen LogP contribution in [-0.4, -0.2) is 40.3 Å². The Bertz CT molecular complexity index is 694. The fraction of sp³-hybridized carbons (Fsp3) is 0.385. The predicted molar refractivity (Wildman–Crippen MR) is 80.6 cm³/mol. The van der Waals surface area contributed by atoms with Crippen molar-refractivity contribution in [3.63, 3.8) is 0 Å². The van der Waals surface area contributed by atoms with E-state index in [4.69, 9.17) is 0 Å². The summed E-state index contributed by atoms with van der Waals surface area (Å²) in [7, 11) is 0. The molecule has 0 unspecified atom stereocenters. The molecule has 7 nitrogen and oxygen atoms in total. The second kappa shape index (κ2) is 5.65. The van der Waals surface area contributed by atoms with Gasteiger partial charge in [0.05, 0.1) is 21.7 Å². The number of nitrogens with zero attached hydrogens (tertiary/aromatic N) is 3. The van der Waals surface area contributed by atoms with Crippen LogP contribution >= 0.6 is 11.3 Å². The van der Waals surface area contributed by atoms with Crippen molar-refractivity contribution in [2.75, 3.05) is 25.0 Å². The zero-order valence-electron chi connectivity index (χ0n) is 11.2. The van der Waals surface area contributed by atoms with E-state index in [2.05, 4.69) is 10.3 Å². The summed E-state index contributed by atoms with van der Waals surface area (Å²) in [6.45, 7) is 1.61. The van der Waals surface area contributed by atoms with Gasteiger partial charge in [0.1, 0.15) is 5.69 Å². The lowest BCUT2D eigenvalue weighted by atomic mass is 10.2. The number of nitrogens with one attached hydrogen (secondary N) is 1. The first-order valence-electron chi connectivity index (χ1n) is 6.69. The van der Waals surface area contributed by atoms with Gasteiger partial charge in [-0.25, -0.2) is 4.98 Å². The van der Waals surface area contributed by atoms with E-state index >= 15 is 0 Å². The summed E-state index contributed by atoms with van der Waals surface area (Å²) < 4.78 is 0.762. The van der Waals surface area contributed by atoms with Crippen molar-refractivity contribution in [1.82, 2.24) is 9.88 Å². The maximum atomic E-state index is 12.0. The van der Waals surface area contributed by atoms with E-state index in [1.54, 1.807) is 22.5 Å². The van der Waals surface area contributed by atoms with Crippen LogP contribution in [0.25, 0.3) is 10.2 Å². The molecule has 21 heavy (non-hydrogen) atoms. The van der Waals surface area contributed by atoms with Crippen molar-refractivity contribution in [1.29, 1.82) is 0 Å². The second-order valence-electron chi connectivity index (χ2n) is 4.86. The average molecular weight is 306 g/mol. The summed E-state index contributed by atoms with van der Waals surface area (Å²) in [6.07, 6.45) is 2.05. The van der Waals surface area contributed by atoms with Crippen LogP contribution in [0.4, 0.5) is 11.4 Å². The Hall–Kier alpha value is -2.22. The Morgan fingerprint density at radius 1 is 1.43 bits per heavy atom. The highest BCUT2D eigenvalue weighted by molar-refractivity contribution is 7.16. The number of fused-ring (bicyclic) bond motifs is 1. The number of hydrogen-bond acceptors (Lipinski definition) is 6. The number of nitro benzene ring substituents is 1. The van der Waals surface area contributed by atoms with E-state index in [1.807, 2.05) is 0 Å². The zero-order chi connectivity index (χ0) is 14.8.